The monoisotopic (exact) mass is 478 g/mol. The molecular formula is C27H46O5Si. The van der Waals surface area contributed by atoms with Crippen molar-refractivity contribution >= 4 is 14.1 Å². The Hall–Kier alpha value is -1.05. The van der Waals surface area contributed by atoms with E-state index >= 15 is 0 Å². The Morgan fingerprint density at radius 2 is 1.85 bits per heavy atom. The van der Waals surface area contributed by atoms with Gasteiger partial charge in [0.1, 0.15) is 11.9 Å². The summed E-state index contributed by atoms with van der Waals surface area (Å²) in [5.41, 5.74) is 0.851. The van der Waals surface area contributed by atoms with E-state index in [-0.39, 0.29) is 40.7 Å². The summed E-state index contributed by atoms with van der Waals surface area (Å²) >= 11 is 0. The van der Waals surface area contributed by atoms with Gasteiger partial charge in [-0.25, -0.2) is 0 Å². The van der Waals surface area contributed by atoms with Crippen molar-refractivity contribution in [2.75, 3.05) is 13.7 Å². The zero-order valence-corrected chi connectivity index (χ0v) is 23.3. The van der Waals surface area contributed by atoms with Gasteiger partial charge in [-0.2, -0.15) is 0 Å². The molecule has 1 aromatic carbocycles. The molecule has 4 atom stereocenters. The summed E-state index contributed by atoms with van der Waals surface area (Å²) in [5, 5.41) is 0.102. The van der Waals surface area contributed by atoms with Gasteiger partial charge in [0.05, 0.1) is 31.5 Å². The molecule has 0 bridgehead atoms. The second kappa shape index (κ2) is 11.6. The van der Waals surface area contributed by atoms with E-state index in [2.05, 4.69) is 59.8 Å². The largest absolute Gasteiger partial charge is 0.413 e. The van der Waals surface area contributed by atoms with E-state index in [4.69, 9.17) is 18.6 Å². The second-order valence-electron chi connectivity index (χ2n) is 11.5. The Balaban J connectivity index is 2.20. The molecule has 5 nitrogen and oxygen atoms in total. The molecule has 33 heavy (non-hydrogen) atoms. The van der Waals surface area contributed by atoms with Gasteiger partial charge in [0.2, 0.25) is 0 Å². The molecule has 0 spiro atoms. The van der Waals surface area contributed by atoms with Crippen molar-refractivity contribution in [3.05, 3.63) is 35.9 Å². The number of carbonyl (C=O) groups is 1. The maximum atomic E-state index is 12.4. The first-order valence-corrected chi connectivity index (χ1v) is 15.2. The van der Waals surface area contributed by atoms with Gasteiger partial charge < -0.3 is 18.6 Å². The maximum Gasteiger partial charge on any atom is 0.192 e. The van der Waals surface area contributed by atoms with E-state index in [0.29, 0.717) is 26.1 Å². The smallest absolute Gasteiger partial charge is 0.192 e. The van der Waals surface area contributed by atoms with Crippen molar-refractivity contribution in [3.63, 3.8) is 0 Å². The first kappa shape index (κ1) is 28.2. The van der Waals surface area contributed by atoms with Gasteiger partial charge in [0.25, 0.3) is 0 Å². The van der Waals surface area contributed by atoms with E-state index < -0.39 is 8.32 Å². The zero-order chi connectivity index (χ0) is 24.9. The summed E-state index contributed by atoms with van der Waals surface area (Å²) in [6.07, 6.45) is 0.992. The number of carbonyl (C=O) groups excluding carboxylic acids is 1. The Labute approximate surface area is 202 Å². The topological polar surface area (TPSA) is 54.0 Å². The van der Waals surface area contributed by atoms with E-state index in [0.717, 1.165) is 12.0 Å². The number of Topliss-reactive ketones (excluding diaryl/α,β-unsaturated/α-hetero) is 1. The summed E-state index contributed by atoms with van der Waals surface area (Å²) in [4.78, 5) is 12.4. The lowest BCUT2D eigenvalue weighted by atomic mass is 9.74. The molecule has 2 rings (SSSR count). The van der Waals surface area contributed by atoms with Crippen LogP contribution in [0, 0.1) is 5.41 Å². The highest BCUT2D eigenvalue weighted by Gasteiger charge is 2.51. The van der Waals surface area contributed by atoms with E-state index in [1.165, 1.54) is 0 Å². The summed E-state index contributed by atoms with van der Waals surface area (Å²) in [6, 6.07) is 10.1. The van der Waals surface area contributed by atoms with Crippen LogP contribution in [0.3, 0.4) is 0 Å². The van der Waals surface area contributed by atoms with E-state index in [9.17, 15) is 4.79 Å². The molecule has 1 fully saturated rings. The third-order valence-corrected chi connectivity index (χ3v) is 12.1. The quantitative estimate of drug-likeness (QED) is 0.356. The molecule has 1 saturated heterocycles. The molecule has 0 unspecified atom stereocenters. The van der Waals surface area contributed by atoms with Gasteiger partial charge in [-0.05, 0) is 23.7 Å². The van der Waals surface area contributed by atoms with Crippen LogP contribution in [0.4, 0.5) is 0 Å². The molecule has 0 N–H and O–H groups in total. The van der Waals surface area contributed by atoms with Crippen molar-refractivity contribution in [1.29, 1.82) is 0 Å². The number of methoxy groups -OCH3 is 1. The predicted octanol–water partition coefficient (Wildman–Crippen LogP) is 6.16. The van der Waals surface area contributed by atoms with Crippen molar-refractivity contribution in [2.45, 2.75) is 110 Å². The molecule has 188 valence electrons. The summed E-state index contributed by atoms with van der Waals surface area (Å²) in [6.45, 7) is 18.6. The van der Waals surface area contributed by atoms with Gasteiger partial charge >= 0.3 is 0 Å². The lowest BCUT2D eigenvalue weighted by Crippen LogP contribution is -2.58. The van der Waals surface area contributed by atoms with Crippen molar-refractivity contribution in [2.24, 2.45) is 5.41 Å². The second-order valence-corrected chi connectivity index (χ2v) is 16.2. The van der Waals surface area contributed by atoms with Crippen LogP contribution < -0.4 is 0 Å². The van der Waals surface area contributed by atoms with Crippen LogP contribution in [0.25, 0.3) is 0 Å². The highest BCUT2D eigenvalue weighted by atomic mass is 28.4. The zero-order valence-electron chi connectivity index (χ0n) is 22.3. The summed E-state index contributed by atoms with van der Waals surface area (Å²) < 4.78 is 25.4. The first-order valence-electron chi connectivity index (χ1n) is 12.3. The third kappa shape index (κ3) is 7.46. The van der Waals surface area contributed by atoms with Gasteiger partial charge in [0.15, 0.2) is 8.32 Å². The molecule has 0 radical (unpaired) electrons. The number of hydrogen-bond acceptors (Lipinski definition) is 5. The fourth-order valence-corrected chi connectivity index (χ4v) is 5.46. The lowest BCUT2D eigenvalue weighted by Gasteiger charge is -2.52. The van der Waals surface area contributed by atoms with Crippen molar-refractivity contribution < 1.29 is 23.4 Å². The molecular weight excluding hydrogens is 432 g/mol. The van der Waals surface area contributed by atoms with Gasteiger partial charge in [-0.1, -0.05) is 71.9 Å². The molecule has 0 aliphatic carbocycles. The highest BCUT2D eigenvalue weighted by Crippen LogP contribution is 2.46. The van der Waals surface area contributed by atoms with Crippen LogP contribution in [0.15, 0.2) is 30.3 Å². The van der Waals surface area contributed by atoms with Crippen LogP contribution in [-0.4, -0.2) is 52.2 Å². The molecule has 0 amide bonds. The highest BCUT2D eigenvalue weighted by molar-refractivity contribution is 6.74. The number of hydrogen-bond donors (Lipinski definition) is 0. The summed E-state index contributed by atoms with van der Waals surface area (Å²) in [5.74, 6) is 0.217. The third-order valence-electron chi connectivity index (χ3n) is 7.61. The van der Waals surface area contributed by atoms with Gasteiger partial charge in [-0.3, -0.25) is 4.79 Å². The maximum absolute atomic E-state index is 12.4. The lowest BCUT2D eigenvalue weighted by molar-refractivity contribution is -0.207. The molecule has 1 heterocycles. The van der Waals surface area contributed by atoms with Crippen LogP contribution >= 0.6 is 0 Å². The number of rotatable bonds is 11. The van der Waals surface area contributed by atoms with E-state index in [1.54, 1.807) is 7.11 Å². The standard InChI is InChI=1S/C27H46O5Si/c1-10-21(28)16-24-27(5,6)25(32-33(8,9)26(2,3)4)17-22(31-24)23(29-7)19-30-18-20-14-12-11-13-15-20/h11-15,22-25H,10,16-19H2,1-9H3/t22-,23+,24+,25+/m0/s1. The summed E-state index contributed by atoms with van der Waals surface area (Å²) in [7, 11) is -0.312. The molecule has 1 aliphatic heterocycles. The van der Waals surface area contributed by atoms with Crippen LogP contribution in [0.1, 0.15) is 66.4 Å². The molecule has 1 aromatic rings. The number of ether oxygens (including phenoxy) is 3. The Morgan fingerprint density at radius 3 is 2.39 bits per heavy atom. The molecule has 1 aliphatic rings. The number of benzene rings is 1. The SMILES string of the molecule is CCC(=O)C[C@H]1O[C@H]([C@@H](COCc2ccccc2)OC)C[C@@H](O[Si](C)(C)C(C)(C)C)C1(C)C. The Bertz CT molecular complexity index is 741. The molecule has 6 heteroatoms. The minimum Gasteiger partial charge on any atom is -0.413 e. The van der Waals surface area contributed by atoms with Gasteiger partial charge in [-0.15, -0.1) is 0 Å². The van der Waals surface area contributed by atoms with Gasteiger partial charge in [0, 0.05) is 31.8 Å². The Kier molecular flexibility index (Phi) is 9.89. The molecule has 0 saturated carbocycles. The Morgan fingerprint density at radius 1 is 1.21 bits per heavy atom. The van der Waals surface area contributed by atoms with Crippen LogP contribution in [0.2, 0.25) is 18.1 Å². The van der Waals surface area contributed by atoms with E-state index in [1.807, 2.05) is 25.1 Å². The molecule has 0 aromatic heterocycles. The minimum atomic E-state index is -2.02. The average molecular weight is 479 g/mol. The fourth-order valence-electron chi connectivity index (χ4n) is 3.99. The predicted molar refractivity (Wildman–Crippen MR) is 136 cm³/mol. The first-order chi connectivity index (χ1) is 15.3. The normalized spacial score (nSPS) is 24.5. The van der Waals surface area contributed by atoms with Crippen molar-refractivity contribution in [1.82, 2.24) is 0 Å². The fraction of sp³-hybridized carbons (Fsp3) is 0.741. The number of ketones is 1. The van der Waals surface area contributed by atoms with Crippen molar-refractivity contribution in [3.8, 4) is 0 Å². The minimum absolute atomic E-state index is 0.0152. The van der Waals surface area contributed by atoms with Crippen LogP contribution in [0.5, 0.6) is 0 Å². The van der Waals surface area contributed by atoms with Crippen LogP contribution in [-0.2, 0) is 30.0 Å². The average Bonchev–Trinajstić information content (AvgIpc) is 2.74.